The fraction of sp³-hybridized carbons (Fsp3) is 0.0952. The Morgan fingerprint density at radius 1 is 0.769 bits per heavy atom. The molecule has 5 nitrogen and oxygen atoms in total. The molecular weight excluding hydrogens is 332 g/mol. The minimum atomic E-state index is -0.422. The Morgan fingerprint density at radius 3 is 2.12 bits per heavy atom. The summed E-state index contributed by atoms with van der Waals surface area (Å²) in [4.78, 5) is 11.2. The number of carbonyl (C=O) groups is 1. The molecule has 0 saturated carbocycles. The Hall–Kier alpha value is -3.47. The number of benzene rings is 3. The Bertz CT molecular complexity index is 958. The van der Waals surface area contributed by atoms with Crippen molar-refractivity contribution in [3.8, 4) is 23.0 Å². The molecule has 1 heterocycles. The molecule has 4 rings (SSSR count). The van der Waals surface area contributed by atoms with E-state index in [9.17, 15) is 20.1 Å². The number of aldehydes is 1. The van der Waals surface area contributed by atoms with Crippen molar-refractivity contribution in [3.63, 3.8) is 0 Å². The zero-order valence-corrected chi connectivity index (χ0v) is 13.7. The summed E-state index contributed by atoms with van der Waals surface area (Å²) in [6.45, 7) is 0. The van der Waals surface area contributed by atoms with Crippen LogP contribution in [0.3, 0.4) is 0 Å². The number of fused-ring (bicyclic) bond motifs is 1. The second-order valence-electron chi connectivity index (χ2n) is 6.31. The van der Waals surface area contributed by atoms with Gasteiger partial charge in [-0.3, -0.25) is 4.79 Å². The number of phenolic OH excluding ortho intramolecular Hbond substituents is 3. The molecule has 5 heteroatoms. The van der Waals surface area contributed by atoms with Gasteiger partial charge < -0.3 is 20.1 Å². The van der Waals surface area contributed by atoms with Crippen LogP contribution in [0, 0.1) is 0 Å². The monoisotopic (exact) mass is 348 g/mol. The van der Waals surface area contributed by atoms with Crippen molar-refractivity contribution in [2.24, 2.45) is 0 Å². The highest BCUT2D eigenvalue weighted by Crippen LogP contribution is 2.50. The van der Waals surface area contributed by atoms with Gasteiger partial charge in [-0.15, -0.1) is 0 Å². The third-order valence-corrected chi connectivity index (χ3v) is 4.57. The molecule has 3 N–H and O–H groups in total. The van der Waals surface area contributed by atoms with Crippen molar-refractivity contribution in [2.75, 3.05) is 0 Å². The first kappa shape index (κ1) is 16.0. The molecule has 1 aliphatic rings. The largest absolute Gasteiger partial charge is 0.508 e. The van der Waals surface area contributed by atoms with Crippen molar-refractivity contribution in [2.45, 2.75) is 12.0 Å². The Balaban J connectivity index is 1.88. The van der Waals surface area contributed by atoms with Crippen LogP contribution in [0.5, 0.6) is 23.0 Å². The average molecular weight is 348 g/mol. The molecule has 26 heavy (non-hydrogen) atoms. The van der Waals surface area contributed by atoms with Gasteiger partial charge in [0.25, 0.3) is 0 Å². The predicted octanol–water partition coefficient (Wildman–Crippen LogP) is 3.88. The Labute approximate surface area is 149 Å². The van der Waals surface area contributed by atoms with E-state index in [1.807, 2.05) is 0 Å². The molecule has 3 aromatic carbocycles. The molecule has 0 fully saturated rings. The maximum atomic E-state index is 11.2. The smallest absolute Gasteiger partial charge is 0.150 e. The molecule has 0 saturated heterocycles. The van der Waals surface area contributed by atoms with E-state index in [1.54, 1.807) is 54.6 Å². The van der Waals surface area contributed by atoms with Gasteiger partial charge in [0.2, 0.25) is 0 Å². The Kier molecular flexibility index (Phi) is 3.77. The first-order chi connectivity index (χ1) is 12.5. The number of carbonyl (C=O) groups excluding carboxylic acids is 1. The van der Waals surface area contributed by atoms with Gasteiger partial charge in [-0.25, -0.2) is 0 Å². The lowest BCUT2D eigenvalue weighted by atomic mass is 9.84. The topological polar surface area (TPSA) is 87.0 Å². The second-order valence-corrected chi connectivity index (χ2v) is 6.31. The van der Waals surface area contributed by atoms with E-state index in [2.05, 4.69) is 0 Å². The summed E-state index contributed by atoms with van der Waals surface area (Å²) in [5.74, 6) is 0.363. The molecule has 0 spiro atoms. The van der Waals surface area contributed by atoms with Gasteiger partial charge in [0, 0.05) is 17.2 Å². The highest BCUT2D eigenvalue weighted by molar-refractivity contribution is 5.76. The van der Waals surface area contributed by atoms with E-state index in [-0.39, 0.29) is 23.2 Å². The van der Waals surface area contributed by atoms with E-state index in [1.165, 1.54) is 6.07 Å². The number of hydrogen-bond acceptors (Lipinski definition) is 5. The number of hydrogen-bond donors (Lipinski definition) is 3. The molecule has 0 bridgehead atoms. The molecule has 0 aliphatic carbocycles. The molecule has 130 valence electrons. The van der Waals surface area contributed by atoms with E-state index in [0.717, 1.165) is 17.4 Å². The Morgan fingerprint density at radius 2 is 1.46 bits per heavy atom. The molecule has 0 aromatic heterocycles. The van der Waals surface area contributed by atoms with Crippen LogP contribution in [0.4, 0.5) is 0 Å². The van der Waals surface area contributed by atoms with E-state index in [4.69, 9.17) is 4.74 Å². The first-order valence-electron chi connectivity index (χ1n) is 8.13. The molecule has 3 aromatic rings. The van der Waals surface area contributed by atoms with E-state index in [0.29, 0.717) is 16.9 Å². The second kappa shape index (κ2) is 6.11. The standard InChI is InChI=1S/C21H16O5/c22-11-12-1-6-19-18(7-12)20(14-8-16(24)10-17(25)9-14)21(26-19)13-2-4-15(23)5-3-13/h1-11,20-21,23-25H/t20-,21+/m0/s1. The number of aromatic hydroxyl groups is 3. The summed E-state index contributed by atoms with van der Waals surface area (Å²) in [5, 5.41) is 29.4. The highest BCUT2D eigenvalue weighted by atomic mass is 16.5. The van der Waals surface area contributed by atoms with Gasteiger partial charge in [-0.05, 0) is 53.6 Å². The molecular formula is C21H16O5. The van der Waals surface area contributed by atoms with Crippen LogP contribution >= 0.6 is 0 Å². The van der Waals surface area contributed by atoms with Gasteiger partial charge >= 0.3 is 0 Å². The van der Waals surface area contributed by atoms with Gasteiger partial charge in [0.15, 0.2) is 0 Å². The van der Waals surface area contributed by atoms with Crippen molar-refractivity contribution >= 4 is 6.29 Å². The lowest BCUT2D eigenvalue weighted by Crippen LogP contribution is -2.11. The number of ether oxygens (including phenoxy) is 1. The third-order valence-electron chi connectivity index (χ3n) is 4.57. The van der Waals surface area contributed by atoms with Crippen LogP contribution in [-0.2, 0) is 0 Å². The van der Waals surface area contributed by atoms with Crippen LogP contribution < -0.4 is 4.74 Å². The molecule has 0 radical (unpaired) electrons. The van der Waals surface area contributed by atoms with E-state index >= 15 is 0 Å². The quantitative estimate of drug-likeness (QED) is 0.625. The SMILES string of the molecule is O=Cc1ccc2c(c1)[C@H](c1cc(O)cc(O)c1)[C@@H](c1ccc(O)cc1)O2. The molecule has 0 unspecified atom stereocenters. The summed E-state index contributed by atoms with van der Waals surface area (Å²) in [6.07, 6.45) is 0.347. The van der Waals surface area contributed by atoms with Crippen LogP contribution in [0.2, 0.25) is 0 Å². The highest BCUT2D eigenvalue weighted by Gasteiger charge is 2.37. The van der Waals surface area contributed by atoms with Crippen LogP contribution in [0.15, 0.2) is 60.7 Å². The normalized spacial score (nSPS) is 18.2. The van der Waals surface area contributed by atoms with Gasteiger partial charge in [-0.1, -0.05) is 12.1 Å². The maximum Gasteiger partial charge on any atom is 0.150 e. The minimum absolute atomic E-state index is 0.0514. The summed E-state index contributed by atoms with van der Waals surface area (Å²) in [6, 6.07) is 16.3. The summed E-state index contributed by atoms with van der Waals surface area (Å²) >= 11 is 0. The van der Waals surface area contributed by atoms with Crippen molar-refractivity contribution < 1.29 is 24.9 Å². The van der Waals surface area contributed by atoms with Crippen molar-refractivity contribution in [1.82, 2.24) is 0 Å². The van der Waals surface area contributed by atoms with Crippen molar-refractivity contribution in [1.29, 1.82) is 0 Å². The zero-order chi connectivity index (χ0) is 18.3. The average Bonchev–Trinajstić information content (AvgIpc) is 3.00. The molecule has 2 atom stereocenters. The summed E-state index contributed by atoms with van der Waals surface area (Å²) in [5.41, 5.74) is 2.83. The fourth-order valence-electron chi connectivity index (χ4n) is 3.43. The van der Waals surface area contributed by atoms with Gasteiger partial charge in [0.1, 0.15) is 35.4 Å². The lowest BCUT2D eigenvalue weighted by Gasteiger charge is -2.20. The predicted molar refractivity (Wildman–Crippen MR) is 94.9 cm³/mol. The third kappa shape index (κ3) is 2.73. The van der Waals surface area contributed by atoms with Gasteiger partial charge in [-0.2, -0.15) is 0 Å². The lowest BCUT2D eigenvalue weighted by molar-refractivity contribution is 0.112. The van der Waals surface area contributed by atoms with Crippen LogP contribution in [0.1, 0.15) is 39.1 Å². The van der Waals surface area contributed by atoms with Crippen molar-refractivity contribution in [3.05, 3.63) is 82.9 Å². The summed E-state index contributed by atoms with van der Waals surface area (Å²) in [7, 11) is 0. The first-order valence-corrected chi connectivity index (χ1v) is 8.13. The van der Waals surface area contributed by atoms with E-state index < -0.39 is 6.10 Å². The number of phenols is 3. The molecule has 1 aliphatic heterocycles. The minimum Gasteiger partial charge on any atom is -0.508 e. The summed E-state index contributed by atoms with van der Waals surface area (Å²) < 4.78 is 6.12. The molecule has 0 amide bonds. The maximum absolute atomic E-state index is 11.2. The van der Waals surface area contributed by atoms with Crippen LogP contribution in [-0.4, -0.2) is 21.6 Å². The van der Waals surface area contributed by atoms with Gasteiger partial charge in [0.05, 0.1) is 5.92 Å². The van der Waals surface area contributed by atoms with Crippen LogP contribution in [0.25, 0.3) is 0 Å². The zero-order valence-electron chi connectivity index (χ0n) is 13.7. The number of rotatable bonds is 3. The fourth-order valence-corrected chi connectivity index (χ4v) is 3.43.